The molecule has 0 spiro atoms. The highest BCUT2D eigenvalue weighted by molar-refractivity contribution is 5.70. The molecule has 0 amide bonds. The van der Waals surface area contributed by atoms with Gasteiger partial charge in [0.05, 0.1) is 5.92 Å². The van der Waals surface area contributed by atoms with E-state index in [2.05, 4.69) is 18.9 Å². The number of hydrogen-bond acceptors (Lipinski definition) is 2. The number of unbranched alkanes of at least 4 members (excludes halogenated alkanes) is 1. The van der Waals surface area contributed by atoms with Crippen molar-refractivity contribution in [2.45, 2.75) is 57.9 Å². The van der Waals surface area contributed by atoms with E-state index in [4.69, 9.17) is 0 Å². The van der Waals surface area contributed by atoms with Crippen molar-refractivity contribution < 1.29 is 9.90 Å². The van der Waals surface area contributed by atoms with E-state index in [0.29, 0.717) is 0 Å². The van der Waals surface area contributed by atoms with Gasteiger partial charge in [0.25, 0.3) is 0 Å². The molecule has 0 aromatic rings. The van der Waals surface area contributed by atoms with E-state index in [1.807, 2.05) is 0 Å². The topological polar surface area (TPSA) is 40.5 Å². The number of carboxylic acid groups (broad SMARTS) is 1. The lowest BCUT2D eigenvalue weighted by Gasteiger charge is -2.31. The zero-order chi connectivity index (χ0) is 12.0. The third-order valence-electron chi connectivity index (χ3n) is 3.73. The van der Waals surface area contributed by atoms with E-state index in [0.717, 1.165) is 25.8 Å². The fourth-order valence-corrected chi connectivity index (χ4v) is 2.68. The first-order chi connectivity index (χ1) is 7.66. The standard InChI is InChI=1S/C13H25NO2/c1-3-4-10-14(2)12-9-7-5-6-8-11(12)13(15)16/h11-12H,3-10H2,1-2H3,(H,15,16). The maximum atomic E-state index is 11.3. The van der Waals surface area contributed by atoms with Gasteiger partial charge >= 0.3 is 5.97 Å². The summed E-state index contributed by atoms with van der Waals surface area (Å²) in [4.78, 5) is 13.5. The largest absolute Gasteiger partial charge is 0.481 e. The van der Waals surface area contributed by atoms with Crippen LogP contribution in [0.3, 0.4) is 0 Å². The first-order valence-electron chi connectivity index (χ1n) is 6.59. The van der Waals surface area contributed by atoms with Crippen LogP contribution in [-0.4, -0.2) is 35.6 Å². The molecule has 16 heavy (non-hydrogen) atoms. The lowest BCUT2D eigenvalue weighted by Crippen LogP contribution is -2.41. The van der Waals surface area contributed by atoms with Gasteiger partial charge in [-0.05, 0) is 32.9 Å². The molecule has 3 heteroatoms. The molecule has 0 heterocycles. The van der Waals surface area contributed by atoms with E-state index >= 15 is 0 Å². The average molecular weight is 227 g/mol. The summed E-state index contributed by atoms with van der Waals surface area (Å²) in [5.41, 5.74) is 0. The van der Waals surface area contributed by atoms with Crippen molar-refractivity contribution in [2.75, 3.05) is 13.6 Å². The molecule has 0 bridgehead atoms. The van der Waals surface area contributed by atoms with Gasteiger partial charge in [0.1, 0.15) is 0 Å². The van der Waals surface area contributed by atoms with Gasteiger partial charge in [-0.2, -0.15) is 0 Å². The van der Waals surface area contributed by atoms with Crippen LogP contribution in [-0.2, 0) is 4.79 Å². The molecule has 1 rings (SSSR count). The molecule has 94 valence electrons. The maximum absolute atomic E-state index is 11.3. The number of carbonyl (C=O) groups is 1. The second-order valence-corrected chi connectivity index (χ2v) is 4.98. The van der Waals surface area contributed by atoms with Crippen molar-refractivity contribution in [3.8, 4) is 0 Å². The molecule has 1 aliphatic carbocycles. The Bertz CT molecular complexity index is 218. The quantitative estimate of drug-likeness (QED) is 0.734. The SMILES string of the molecule is CCCCN(C)C1CCCCCC1C(=O)O. The first kappa shape index (κ1) is 13.5. The third-order valence-corrected chi connectivity index (χ3v) is 3.73. The summed E-state index contributed by atoms with van der Waals surface area (Å²) in [5.74, 6) is -0.750. The average Bonchev–Trinajstić information content (AvgIpc) is 2.50. The zero-order valence-electron chi connectivity index (χ0n) is 10.6. The lowest BCUT2D eigenvalue weighted by molar-refractivity contribution is -0.144. The fourth-order valence-electron chi connectivity index (χ4n) is 2.68. The van der Waals surface area contributed by atoms with Gasteiger partial charge in [0, 0.05) is 6.04 Å². The smallest absolute Gasteiger partial charge is 0.308 e. The Hall–Kier alpha value is -0.570. The summed E-state index contributed by atoms with van der Waals surface area (Å²) < 4.78 is 0. The van der Waals surface area contributed by atoms with E-state index < -0.39 is 5.97 Å². The van der Waals surface area contributed by atoms with Gasteiger partial charge in [-0.3, -0.25) is 4.79 Å². The molecule has 2 atom stereocenters. The highest BCUT2D eigenvalue weighted by Gasteiger charge is 2.31. The van der Waals surface area contributed by atoms with Crippen LogP contribution in [0.4, 0.5) is 0 Å². The minimum atomic E-state index is -0.602. The van der Waals surface area contributed by atoms with Crippen LogP contribution in [0.25, 0.3) is 0 Å². The Morgan fingerprint density at radius 3 is 2.62 bits per heavy atom. The van der Waals surface area contributed by atoms with Crippen LogP contribution < -0.4 is 0 Å². The minimum absolute atomic E-state index is 0.149. The number of nitrogens with zero attached hydrogens (tertiary/aromatic N) is 1. The minimum Gasteiger partial charge on any atom is -0.481 e. The normalized spacial score (nSPS) is 26.7. The highest BCUT2D eigenvalue weighted by Crippen LogP contribution is 2.27. The van der Waals surface area contributed by atoms with Crippen molar-refractivity contribution >= 4 is 5.97 Å². The summed E-state index contributed by atoms with van der Waals surface area (Å²) >= 11 is 0. The molecule has 1 aliphatic rings. The second-order valence-electron chi connectivity index (χ2n) is 4.98. The molecule has 0 aliphatic heterocycles. The number of carboxylic acids is 1. The van der Waals surface area contributed by atoms with Crippen molar-refractivity contribution in [1.29, 1.82) is 0 Å². The van der Waals surface area contributed by atoms with Crippen LogP contribution in [0.5, 0.6) is 0 Å². The molecule has 2 unspecified atom stereocenters. The monoisotopic (exact) mass is 227 g/mol. The Kier molecular flexibility index (Phi) is 5.81. The molecule has 0 aromatic carbocycles. The Morgan fingerprint density at radius 2 is 2.00 bits per heavy atom. The summed E-state index contributed by atoms with van der Waals surface area (Å²) in [6, 6.07) is 0.256. The first-order valence-corrected chi connectivity index (χ1v) is 6.59. The fraction of sp³-hybridized carbons (Fsp3) is 0.923. The van der Waals surface area contributed by atoms with Gasteiger partial charge in [-0.1, -0.05) is 32.6 Å². The van der Waals surface area contributed by atoms with Crippen LogP contribution in [0.2, 0.25) is 0 Å². The van der Waals surface area contributed by atoms with Gasteiger partial charge in [-0.25, -0.2) is 0 Å². The molecule has 1 saturated carbocycles. The highest BCUT2D eigenvalue weighted by atomic mass is 16.4. The van der Waals surface area contributed by atoms with Crippen molar-refractivity contribution in [1.82, 2.24) is 4.90 Å². The van der Waals surface area contributed by atoms with Crippen LogP contribution in [0, 0.1) is 5.92 Å². The molecule has 1 fully saturated rings. The zero-order valence-corrected chi connectivity index (χ0v) is 10.6. The predicted molar refractivity (Wildman–Crippen MR) is 65.5 cm³/mol. The Balaban J connectivity index is 2.59. The van der Waals surface area contributed by atoms with Crippen LogP contribution in [0.15, 0.2) is 0 Å². The Morgan fingerprint density at radius 1 is 1.31 bits per heavy atom. The number of rotatable bonds is 5. The van der Waals surface area contributed by atoms with E-state index in [9.17, 15) is 9.90 Å². The maximum Gasteiger partial charge on any atom is 0.308 e. The number of hydrogen-bond donors (Lipinski definition) is 1. The van der Waals surface area contributed by atoms with Crippen LogP contribution in [0.1, 0.15) is 51.9 Å². The molecule has 3 nitrogen and oxygen atoms in total. The number of aliphatic carboxylic acids is 1. The van der Waals surface area contributed by atoms with Gasteiger partial charge < -0.3 is 10.0 Å². The summed E-state index contributed by atoms with van der Waals surface area (Å²) in [6.45, 7) is 3.21. The van der Waals surface area contributed by atoms with E-state index in [-0.39, 0.29) is 12.0 Å². The Labute approximate surface area is 98.8 Å². The van der Waals surface area contributed by atoms with Gasteiger partial charge in [0.2, 0.25) is 0 Å². The van der Waals surface area contributed by atoms with Crippen molar-refractivity contribution in [3.05, 3.63) is 0 Å². The molecule has 1 N–H and O–H groups in total. The molecule has 0 radical (unpaired) electrons. The lowest BCUT2D eigenvalue weighted by atomic mass is 9.93. The summed E-state index contributed by atoms with van der Waals surface area (Å²) in [6.07, 6.45) is 7.71. The van der Waals surface area contributed by atoms with E-state index in [1.54, 1.807) is 0 Å². The molecular weight excluding hydrogens is 202 g/mol. The molecular formula is C13H25NO2. The van der Waals surface area contributed by atoms with Crippen LogP contribution >= 0.6 is 0 Å². The van der Waals surface area contributed by atoms with Crippen molar-refractivity contribution in [2.24, 2.45) is 5.92 Å². The van der Waals surface area contributed by atoms with Gasteiger partial charge in [-0.15, -0.1) is 0 Å². The van der Waals surface area contributed by atoms with Gasteiger partial charge in [0.15, 0.2) is 0 Å². The third kappa shape index (κ3) is 3.78. The predicted octanol–water partition coefficient (Wildman–Crippen LogP) is 2.75. The van der Waals surface area contributed by atoms with E-state index in [1.165, 1.54) is 25.7 Å². The molecule has 0 saturated heterocycles. The summed E-state index contributed by atoms with van der Waals surface area (Å²) in [5, 5.41) is 9.28. The second kappa shape index (κ2) is 6.89. The van der Waals surface area contributed by atoms with Crippen molar-refractivity contribution in [3.63, 3.8) is 0 Å². The summed E-state index contributed by atoms with van der Waals surface area (Å²) in [7, 11) is 2.08. The molecule has 0 aromatic heterocycles.